The first-order valence-corrected chi connectivity index (χ1v) is 16.9. The Labute approximate surface area is 284 Å². The molecule has 4 aliphatic carbocycles. The van der Waals surface area contributed by atoms with Crippen molar-refractivity contribution in [3.05, 3.63) is 64.3 Å². The van der Waals surface area contributed by atoms with Gasteiger partial charge in [0.05, 0.1) is 0 Å². The molecule has 4 N–H and O–H groups in total. The molecule has 49 heavy (non-hydrogen) atoms. The highest BCUT2D eigenvalue weighted by atomic mass is 16.3. The predicted molar refractivity (Wildman–Crippen MR) is 183 cm³/mol. The smallest absolute Gasteiger partial charge is 0.287 e. The van der Waals surface area contributed by atoms with E-state index in [1.165, 1.54) is 23.9 Å². The van der Waals surface area contributed by atoms with Crippen molar-refractivity contribution in [2.24, 2.45) is 16.2 Å². The van der Waals surface area contributed by atoms with E-state index in [-0.39, 0.29) is 58.5 Å². The average molecular weight is 672 g/mol. The highest BCUT2D eigenvalue weighted by Gasteiger charge is 2.64. The van der Waals surface area contributed by atoms with Gasteiger partial charge in [0, 0.05) is 36.2 Å². The quantitative estimate of drug-likeness (QED) is 0.224. The number of ketones is 1. The van der Waals surface area contributed by atoms with Crippen molar-refractivity contribution in [1.29, 1.82) is 0 Å². The molecule has 2 aromatic heterocycles. The van der Waals surface area contributed by atoms with E-state index in [2.05, 4.69) is 42.0 Å². The minimum absolute atomic E-state index is 0.000659. The van der Waals surface area contributed by atoms with Crippen molar-refractivity contribution >= 4 is 46.1 Å². The maximum Gasteiger partial charge on any atom is 0.287 e. The van der Waals surface area contributed by atoms with Crippen molar-refractivity contribution < 1.29 is 28.4 Å². The number of Topliss-reactive ketones (excluding diaryl/α,β-unsaturated/α-hetero) is 1. The Morgan fingerprint density at radius 1 is 0.898 bits per heavy atom. The Morgan fingerprint density at radius 3 is 2.14 bits per heavy atom. The summed E-state index contributed by atoms with van der Waals surface area (Å²) in [5, 5.41) is 11.5. The first-order chi connectivity index (χ1) is 23.0. The molecule has 3 aromatic rings. The van der Waals surface area contributed by atoms with Crippen molar-refractivity contribution in [2.75, 3.05) is 12.4 Å². The molecule has 12 nitrogen and oxygen atoms in total. The number of anilines is 1. The number of furan rings is 1. The van der Waals surface area contributed by atoms with Gasteiger partial charge in [-0.05, 0) is 86.3 Å². The molecule has 12 heteroatoms. The maximum atomic E-state index is 13.6. The Balaban J connectivity index is 1.17. The van der Waals surface area contributed by atoms with Crippen LogP contribution in [0.15, 0.2) is 51.8 Å². The third-order valence-corrected chi connectivity index (χ3v) is 10.7. The van der Waals surface area contributed by atoms with Gasteiger partial charge in [0.25, 0.3) is 17.4 Å². The average Bonchev–Trinajstić information content (AvgIpc) is 3.34. The number of rotatable bonds is 11. The monoisotopic (exact) mass is 671 g/mol. The molecule has 0 radical (unpaired) electrons. The summed E-state index contributed by atoms with van der Waals surface area (Å²) in [6.45, 7) is 8.50. The molecule has 4 saturated carbocycles. The Morgan fingerprint density at radius 2 is 1.53 bits per heavy atom. The number of nitrogens with one attached hydrogen (secondary N) is 4. The summed E-state index contributed by atoms with van der Waals surface area (Å²) in [7, 11) is 1.32. The fourth-order valence-corrected chi connectivity index (χ4v) is 10.3. The van der Waals surface area contributed by atoms with Crippen LogP contribution in [0.4, 0.5) is 5.69 Å². The summed E-state index contributed by atoms with van der Waals surface area (Å²) in [6.07, 6.45) is 7.18. The second kappa shape index (κ2) is 12.3. The number of aryl methyl sites for hydroxylation is 1. The van der Waals surface area contributed by atoms with Crippen LogP contribution in [0, 0.1) is 23.2 Å². The Hall–Kier alpha value is -4.74. The normalized spacial score (nSPS) is 27.4. The summed E-state index contributed by atoms with van der Waals surface area (Å²) < 4.78 is 7.00. The standard InChI is InChI=1S/C37H45N5O7/c1-22-23-9-6-7-11-27(23)49-29(22)32(47)39-24(12-13-26(43)31(46)38-5)30(45)40-25-10-8-14-42(33(25)48)15-28(44)41-37-19-34(2)16-35(3,20-37)18-36(4,17-34)21-37/h6-11,14,24H,12-13,15-21H2,1-5H3,(H,38,46)(H,39,47)(H,40,45)(H,41,44)/t24-,34?,35?,36?,37?/m0/s1. The fraction of sp³-hybridized carbons (Fsp3) is 0.514. The third-order valence-electron chi connectivity index (χ3n) is 10.7. The molecule has 4 amide bonds. The Kier molecular flexibility index (Phi) is 8.57. The van der Waals surface area contributed by atoms with Crippen molar-refractivity contribution in [2.45, 2.75) is 97.2 Å². The number of hydrogen-bond acceptors (Lipinski definition) is 7. The topological polar surface area (TPSA) is 169 Å². The lowest BCUT2D eigenvalue weighted by atomic mass is 9.38. The summed E-state index contributed by atoms with van der Waals surface area (Å²) in [6, 6.07) is 8.77. The fourth-order valence-electron chi connectivity index (χ4n) is 10.3. The van der Waals surface area contributed by atoms with Crippen LogP contribution in [0.5, 0.6) is 0 Å². The lowest BCUT2D eigenvalue weighted by Crippen LogP contribution is -2.68. The van der Waals surface area contributed by atoms with E-state index in [0.29, 0.717) is 11.1 Å². The van der Waals surface area contributed by atoms with Crippen LogP contribution >= 0.6 is 0 Å². The molecule has 1 atom stereocenters. The molecule has 4 aliphatic rings. The van der Waals surface area contributed by atoms with Crippen molar-refractivity contribution in [3.63, 3.8) is 0 Å². The molecule has 7 rings (SSSR count). The molecule has 4 fully saturated rings. The van der Waals surface area contributed by atoms with E-state index in [9.17, 15) is 28.8 Å². The van der Waals surface area contributed by atoms with E-state index in [1.54, 1.807) is 25.1 Å². The van der Waals surface area contributed by atoms with Crippen LogP contribution in [0.3, 0.4) is 0 Å². The number of para-hydroxylation sites is 1. The number of fused-ring (bicyclic) bond motifs is 1. The minimum atomic E-state index is -1.30. The molecule has 1 aromatic carbocycles. The van der Waals surface area contributed by atoms with E-state index in [4.69, 9.17) is 4.42 Å². The van der Waals surface area contributed by atoms with Crippen LogP contribution in [-0.4, -0.2) is 52.6 Å². The molecular formula is C37H45N5O7. The minimum Gasteiger partial charge on any atom is -0.451 e. The third kappa shape index (κ3) is 6.78. The number of carbonyl (C=O) groups is 5. The van der Waals surface area contributed by atoms with Gasteiger partial charge in [-0.1, -0.05) is 39.0 Å². The zero-order valence-electron chi connectivity index (χ0n) is 28.8. The van der Waals surface area contributed by atoms with E-state index in [1.807, 2.05) is 12.1 Å². The number of benzene rings is 1. The number of likely N-dealkylation sites (N-methyl/N-ethyl adjacent to an activating group) is 1. The van der Waals surface area contributed by atoms with Crippen LogP contribution in [-0.2, 0) is 25.7 Å². The first kappa shape index (κ1) is 34.1. The SMILES string of the molecule is CNC(=O)C(=O)CC[C@H](NC(=O)c1oc2ccccc2c1C)C(=O)Nc1cccn(CC(=O)NC23CC4(C)CC(C)(CC(C)(C4)C2)C3)c1=O. The van der Waals surface area contributed by atoms with Gasteiger partial charge < -0.3 is 30.3 Å². The maximum absolute atomic E-state index is 13.6. The van der Waals surface area contributed by atoms with Crippen molar-refractivity contribution in [1.82, 2.24) is 20.5 Å². The zero-order valence-corrected chi connectivity index (χ0v) is 28.8. The summed E-state index contributed by atoms with van der Waals surface area (Å²) >= 11 is 0. The lowest BCUT2D eigenvalue weighted by molar-refractivity contribution is -0.164. The van der Waals surface area contributed by atoms with Gasteiger partial charge >= 0.3 is 0 Å². The number of amides is 4. The van der Waals surface area contributed by atoms with Gasteiger partial charge in [-0.25, -0.2) is 0 Å². The predicted octanol–water partition coefficient (Wildman–Crippen LogP) is 3.99. The number of carbonyl (C=O) groups excluding carboxylic acids is 5. The number of aromatic nitrogens is 1. The molecule has 0 aliphatic heterocycles. The van der Waals surface area contributed by atoms with Crippen LogP contribution < -0.4 is 26.8 Å². The van der Waals surface area contributed by atoms with E-state index >= 15 is 0 Å². The van der Waals surface area contributed by atoms with Gasteiger partial charge in [0.1, 0.15) is 23.9 Å². The molecule has 4 bridgehead atoms. The molecule has 0 saturated heterocycles. The molecule has 0 unspecified atom stereocenters. The van der Waals surface area contributed by atoms with Crippen LogP contribution in [0.2, 0.25) is 0 Å². The molecule has 260 valence electrons. The highest BCUT2D eigenvalue weighted by Crippen LogP contribution is 2.70. The molecular weight excluding hydrogens is 626 g/mol. The van der Waals surface area contributed by atoms with Gasteiger partial charge in [0.15, 0.2) is 5.76 Å². The van der Waals surface area contributed by atoms with Gasteiger partial charge in [-0.2, -0.15) is 0 Å². The lowest BCUT2D eigenvalue weighted by Gasteiger charge is -2.69. The number of nitrogens with zero attached hydrogens (tertiary/aromatic N) is 1. The molecule has 2 heterocycles. The van der Waals surface area contributed by atoms with Gasteiger partial charge in [-0.3, -0.25) is 28.8 Å². The second-order valence-corrected chi connectivity index (χ2v) is 15.8. The summed E-state index contributed by atoms with van der Waals surface area (Å²) in [5.41, 5.74) is 0.585. The van der Waals surface area contributed by atoms with Gasteiger partial charge in [0.2, 0.25) is 17.6 Å². The number of hydrogen-bond donors (Lipinski definition) is 4. The van der Waals surface area contributed by atoms with E-state index < -0.39 is 35.1 Å². The van der Waals surface area contributed by atoms with Gasteiger partial charge in [-0.15, -0.1) is 0 Å². The van der Waals surface area contributed by atoms with Crippen LogP contribution in [0.25, 0.3) is 11.0 Å². The first-order valence-electron chi connectivity index (χ1n) is 16.9. The van der Waals surface area contributed by atoms with E-state index in [0.717, 1.165) is 43.9 Å². The van der Waals surface area contributed by atoms with Crippen molar-refractivity contribution in [3.8, 4) is 0 Å². The molecule has 0 spiro atoms. The van der Waals surface area contributed by atoms with Crippen LogP contribution in [0.1, 0.15) is 88.3 Å². The highest BCUT2D eigenvalue weighted by molar-refractivity contribution is 6.36. The largest absolute Gasteiger partial charge is 0.451 e. The Bertz CT molecular complexity index is 1870. The number of pyridine rings is 1. The second-order valence-electron chi connectivity index (χ2n) is 15.8. The summed E-state index contributed by atoms with van der Waals surface area (Å²) in [5.74, 6) is -3.31. The zero-order chi connectivity index (χ0) is 35.4. The summed E-state index contributed by atoms with van der Waals surface area (Å²) in [4.78, 5) is 78.1.